The number of hydrogen-bond acceptors (Lipinski definition) is 9. The highest BCUT2D eigenvalue weighted by Crippen LogP contribution is 2.54. The smallest absolute Gasteiger partial charge is 0.343 e. The van der Waals surface area contributed by atoms with Crippen molar-refractivity contribution in [3.63, 3.8) is 0 Å². The molecule has 3 aliphatic rings. The minimum Gasteiger partial charge on any atom is -0.493 e. The zero-order valence-corrected chi connectivity index (χ0v) is 22.5. The van der Waals surface area contributed by atoms with Gasteiger partial charge in [-0.05, 0) is 67.8 Å². The van der Waals surface area contributed by atoms with Crippen LogP contribution in [0.4, 0.5) is 10.5 Å². The van der Waals surface area contributed by atoms with Gasteiger partial charge in [-0.2, -0.15) is 0 Å². The third-order valence-electron chi connectivity index (χ3n) is 6.92. The molecule has 1 N–H and O–H groups in total. The molecule has 0 radical (unpaired) electrons. The molecule has 198 valence electrons. The van der Waals surface area contributed by atoms with E-state index in [0.29, 0.717) is 46.7 Å². The minimum absolute atomic E-state index is 0.0265. The predicted molar refractivity (Wildman–Crippen MR) is 140 cm³/mol. The lowest BCUT2D eigenvalue weighted by atomic mass is 9.80. The van der Waals surface area contributed by atoms with Crippen molar-refractivity contribution in [2.24, 2.45) is 0 Å². The zero-order valence-electron chi connectivity index (χ0n) is 21.7. The molecule has 1 atom stereocenters. The molecular weight excluding hydrogens is 512 g/mol. The average molecular weight is 539 g/mol. The molecule has 0 saturated carbocycles. The van der Waals surface area contributed by atoms with E-state index in [-0.39, 0.29) is 33.6 Å². The summed E-state index contributed by atoms with van der Waals surface area (Å²) >= 11 is 0.691. The first-order chi connectivity index (χ1) is 18.0. The van der Waals surface area contributed by atoms with E-state index in [1.165, 1.54) is 33.5 Å². The van der Waals surface area contributed by atoms with E-state index in [9.17, 15) is 19.2 Å². The molecule has 3 aliphatic heterocycles. The minimum atomic E-state index is -0.682. The Bertz CT molecular complexity index is 1440. The Balaban J connectivity index is 1.63. The Morgan fingerprint density at radius 2 is 1.68 bits per heavy atom. The Morgan fingerprint density at radius 1 is 1.03 bits per heavy atom. The molecule has 5 rings (SSSR count). The second-order valence-electron chi connectivity index (χ2n) is 9.82. The van der Waals surface area contributed by atoms with Crippen LogP contribution in [0.1, 0.15) is 54.6 Å². The number of amides is 3. The number of imide groups is 1. The third kappa shape index (κ3) is 3.89. The second kappa shape index (κ2) is 9.09. The number of ether oxygens (including phenoxy) is 4. The SMILES string of the molecule is COc1cc(C(=O)Oc2cc3c4c(c2)C(C)CC(C)(C)N4C(=O)/C3=C2\SC(=O)NC2=O)cc(OC)c1OC. The summed E-state index contributed by atoms with van der Waals surface area (Å²) in [5.74, 6) is -0.520. The monoisotopic (exact) mass is 538 g/mol. The number of anilines is 1. The lowest BCUT2D eigenvalue weighted by Gasteiger charge is -2.43. The molecule has 0 bridgehead atoms. The van der Waals surface area contributed by atoms with Gasteiger partial charge >= 0.3 is 5.97 Å². The Kier molecular flexibility index (Phi) is 6.13. The maximum atomic E-state index is 13.7. The van der Waals surface area contributed by atoms with Gasteiger partial charge < -0.3 is 23.8 Å². The zero-order chi connectivity index (χ0) is 27.5. The molecule has 2 aromatic rings. The van der Waals surface area contributed by atoms with Crippen LogP contribution in [-0.4, -0.2) is 49.9 Å². The van der Waals surface area contributed by atoms with Gasteiger partial charge in [0.05, 0.1) is 43.1 Å². The van der Waals surface area contributed by atoms with E-state index >= 15 is 0 Å². The van der Waals surface area contributed by atoms with Crippen molar-refractivity contribution in [3.8, 4) is 23.0 Å². The van der Waals surface area contributed by atoms with Crippen LogP contribution in [0.3, 0.4) is 0 Å². The van der Waals surface area contributed by atoms with Gasteiger partial charge in [0, 0.05) is 11.1 Å². The first-order valence-electron chi connectivity index (χ1n) is 11.8. The second-order valence-corrected chi connectivity index (χ2v) is 10.8. The quantitative estimate of drug-likeness (QED) is 0.338. The van der Waals surface area contributed by atoms with Crippen molar-refractivity contribution in [1.82, 2.24) is 5.32 Å². The molecule has 1 fully saturated rings. The van der Waals surface area contributed by atoms with Crippen LogP contribution in [0.2, 0.25) is 0 Å². The standard InChI is InChI=1S/C27H26N2O8S/c1-12-11-27(2,3)29-20-15(12)9-14(10-16(20)19(24(29)31)22-23(30)28-26(33)38-22)37-25(32)13-7-17(34-4)21(36-6)18(8-13)35-5/h7-10,12H,11H2,1-6H3,(H,28,30,33)/b22-19-. The maximum Gasteiger partial charge on any atom is 0.343 e. The molecule has 10 nitrogen and oxygen atoms in total. The Labute approximate surface area is 223 Å². The molecule has 3 amide bonds. The van der Waals surface area contributed by atoms with Crippen molar-refractivity contribution < 1.29 is 38.1 Å². The average Bonchev–Trinajstić information content (AvgIpc) is 3.35. The van der Waals surface area contributed by atoms with Crippen molar-refractivity contribution in [3.05, 3.63) is 45.9 Å². The Morgan fingerprint density at radius 3 is 2.24 bits per heavy atom. The maximum absolute atomic E-state index is 13.7. The number of methoxy groups -OCH3 is 3. The summed E-state index contributed by atoms with van der Waals surface area (Å²) in [7, 11) is 4.35. The van der Waals surface area contributed by atoms with Crippen molar-refractivity contribution >= 4 is 46.0 Å². The fraction of sp³-hybridized carbons (Fsp3) is 0.333. The number of thioether (sulfide) groups is 1. The lowest BCUT2D eigenvalue weighted by Crippen LogP contribution is -2.49. The number of rotatable bonds is 5. The van der Waals surface area contributed by atoms with E-state index in [0.717, 1.165) is 5.56 Å². The van der Waals surface area contributed by atoms with Crippen LogP contribution >= 0.6 is 11.8 Å². The number of benzene rings is 2. The van der Waals surface area contributed by atoms with Gasteiger partial charge in [-0.3, -0.25) is 19.7 Å². The van der Waals surface area contributed by atoms with Crippen molar-refractivity contribution in [2.45, 2.75) is 38.6 Å². The van der Waals surface area contributed by atoms with E-state index in [1.807, 2.05) is 20.8 Å². The van der Waals surface area contributed by atoms with Gasteiger partial charge in [0.25, 0.3) is 17.1 Å². The largest absolute Gasteiger partial charge is 0.493 e. The molecule has 11 heteroatoms. The van der Waals surface area contributed by atoms with Crippen LogP contribution in [0, 0.1) is 0 Å². The molecule has 0 spiro atoms. The van der Waals surface area contributed by atoms with Crippen LogP contribution in [-0.2, 0) is 9.59 Å². The van der Waals surface area contributed by atoms with Crippen LogP contribution in [0.25, 0.3) is 5.57 Å². The van der Waals surface area contributed by atoms with E-state index in [1.54, 1.807) is 17.0 Å². The first kappa shape index (κ1) is 25.7. The molecular formula is C27H26N2O8S. The van der Waals surface area contributed by atoms with Crippen molar-refractivity contribution in [2.75, 3.05) is 26.2 Å². The summed E-state index contributed by atoms with van der Waals surface area (Å²) in [6, 6.07) is 6.28. The number of esters is 1. The van der Waals surface area contributed by atoms with Crippen LogP contribution in [0.15, 0.2) is 29.2 Å². The highest BCUT2D eigenvalue weighted by molar-refractivity contribution is 8.18. The topological polar surface area (TPSA) is 120 Å². The fourth-order valence-electron chi connectivity index (χ4n) is 5.42. The van der Waals surface area contributed by atoms with Gasteiger partial charge in [-0.25, -0.2) is 4.79 Å². The number of carbonyl (C=O) groups excluding carboxylic acids is 4. The molecule has 1 unspecified atom stereocenters. The summed E-state index contributed by atoms with van der Waals surface area (Å²) in [6.45, 7) is 5.97. The molecule has 2 aromatic carbocycles. The van der Waals surface area contributed by atoms with Gasteiger partial charge in [0.15, 0.2) is 11.5 Å². The summed E-state index contributed by atoms with van der Waals surface area (Å²) in [4.78, 5) is 53.2. The molecule has 3 heterocycles. The van der Waals surface area contributed by atoms with Gasteiger partial charge in [-0.1, -0.05) is 6.92 Å². The van der Waals surface area contributed by atoms with E-state index in [4.69, 9.17) is 18.9 Å². The van der Waals surface area contributed by atoms with Gasteiger partial charge in [-0.15, -0.1) is 0 Å². The normalized spacial score (nSPS) is 21.3. The summed E-state index contributed by atoms with van der Waals surface area (Å²) in [5, 5.41) is 1.68. The van der Waals surface area contributed by atoms with Crippen LogP contribution < -0.4 is 29.2 Å². The third-order valence-corrected chi connectivity index (χ3v) is 7.80. The first-order valence-corrected chi connectivity index (χ1v) is 12.6. The fourth-order valence-corrected chi connectivity index (χ4v) is 6.20. The summed E-state index contributed by atoms with van der Waals surface area (Å²) < 4.78 is 21.8. The van der Waals surface area contributed by atoms with E-state index < -0.39 is 22.7 Å². The summed E-state index contributed by atoms with van der Waals surface area (Å²) in [6.07, 6.45) is 0.649. The highest BCUT2D eigenvalue weighted by atomic mass is 32.2. The van der Waals surface area contributed by atoms with Gasteiger partial charge in [0.2, 0.25) is 5.75 Å². The molecule has 0 aromatic heterocycles. The van der Waals surface area contributed by atoms with Crippen LogP contribution in [0.5, 0.6) is 23.0 Å². The molecule has 0 aliphatic carbocycles. The Hall–Kier alpha value is -3.99. The predicted octanol–water partition coefficient (Wildman–Crippen LogP) is 4.26. The molecule has 1 saturated heterocycles. The van der Waals surface area contributed by atoms with Gasteiger partial charge in [0.1, 0.15) is 5.75 Å². The molecule has 38 heavy (non-hydrogen) atoms. The number of nitrogens with zero attached hydrogens (tertiary/aromatic N) is 1. The summed E-state index contributed by atoms with van der Waals surface area (Å²) in [5.41, 5.74) is 1.69. The number of carbonyl (C=O) groups is 4. The highest BCUT2D eigenvalue weighted by Gasteiger charge is 2.50. The number of hydrogen-bond donors (Lipinski definition) is 1. The van der Waals surface area contributed by atoms with E-state index in [2.05, 4.69) is 5.32 Å². The number of nitrogens with one attached hydrogen (secondary N) is 1. The van der Waals surface area contributed by atoms with Crippen molar-refractivity contribution in [1.29, 1.82) is 0 Å². The lowest BCUT2D eigenvalue weighted by molar-refractivity contribution is -0.116.